The fourth-order valence-electron chi connectivity index (χ4n) is 2.48. The zero-order valence-corrected chi connectivity index (χ0v) is 12.9. The lowest BCUT2D eigenvalue weighted by Gasteiger charge is -2.11. The van der Waals surface area contributed by atoms with Crippen LogP contribution in [0.1, 0.15) is 17.4 Å². The summed E-state index contributed by atoms with van der Waals surface area (Å²) in [6.45, 7) is 1.38. The third-order valence-electron chi connectivity index (χ3n) is 3.55. The second kappa shape index (κ2) is 5.96. The standard InChI is InChI=1S/C18H16N2O3/c1-12(21)16-18(22)17(13-8-4-3-5-9-13)20(19-16)14-10-6-7-11-15(14)23-2/h3-11,22H,1-2H3. The van der Waals surface area contributed by atoms with Crippen molar-refractivity contribution < 1.29 is 14.6 Å². The minimum atomic E-state index is -0.298. The van der Waals surface area contributed by atoms with E-state index in [4.69, 9.17) is 4.74 Å². The lowest BCUT2D eigenvalue weighted by atomic mass is 10.1. The third-order valence-corrected chi connectivity index (χ3v) is 3.55. The summed E-state index contributed by atoms with van der Waals surface area (Å²) in [7, 11) is 1.57. The van der Waals surface area contributed by atoms with Gasteiger partial charge in [0.15, 0.2) is 17.2 Å². The summed E-state index contributed by atoms with van der Waals surface area (Å²) in [4.78, 5) is 11.8. The van der Waals surface area contributed by atoms with Crippen LogP contribution in [0.4, 0.5) is 0 Å². The highest BCUT2D eigenvalue weighted by molar-refractivity contribution is 5.97. The van der Waals surface area contributed by atoms with Gasteiger partial charge in [-0.2, -0.15) is 5.10 Å². The molecule has 0 radical (unpaired) electrons. The van der Waals surface area contributed by atoms with Gasteiger partial charge >= 0.3 is 0 Å². The number of benzene rings is 2. The van der Waals surface area contributed by atoms with Gasteiger partial charge in [0.1, 0.15) is 17.1 Å². The molecule has 1 heterocycles. The predicted octanol–water partition coefficient (Wildman–Crippen LogP) is 3.46. The fraction of sp³-hybridized carbons (Fsp3) is 0.111. The molecule has 1 aromatic heterocycles. The maximum atomic E-state index is 11.8. The van der Waals surface area contributed by atoms with Crippen LogP contribution in [0, 0.1) is 0 Å². The molecule has 0 saturated carbocycles. The SMILES string of the molecule is COc1ccccc1-n1nc(C(C)=O)c(O)c1-c1ccccc1. The molecular formula is C18H16N2O3. The first-order valence-electron chi connectivity index (χ1n) is 7.15. The van der Waals surface area contributed by atoms with Crippen LogP contribution in [0.15, 0.2) is 54.6 Å². The molecule has 0 atom stereocenters. The number of methoxy groups -OCH3 is 1. The van der Waals surface area contributed by atoms with Gasteiger partial charge in [-0.1, -0.05) is 42.5 Å². The summed E-state index contributed by atoms with van der Waals surface area (Å²) in [5.41, 5.74) is 1.91. The second-order valence-electron chi connectivity index (χ2n) is 5.05. The normalized spacial score (nSPS) is 10.5. The van der Waals surface area contributed by atoms with Crippen LogP contribution in [0.5, 0.6) is 11.5 Å². The molecule has 116 valence electrons. The van der Waals surface area contributed by atoms with E-state index >= 15 is 0 Å². The summed E-state index contributed by atoms with van der Waals surface area (Å²) >= 11 is 0. The van der Waals surface area contributed by atoms with E-state index in [0.29, 0.717) is 17.1 Å². The summed E-state index contributed by atoms with van der Waals surface area (Å²) in [5.74, 6) is 0.171. The van der Waals surface area contributed by atoms with Crippen molar-refractivity contribution in [1.82, 2.24) is 9.78 Å². The van der Waals surface area contributed by atoms with Crippen molar-refractivity contribution in [3.05, 3.63) is 60.3 Å². The molecule has 5 heteroatoms. The van der Waals surface area contributed by atoms with Crippen LogP contribution in [-0.4, -0.2) is 27.8 Å². The van der Waals surface area contributed by atoms with Gasteiger partial charge in [0, 0.05) is 12.5 Å². The van der Waals surface area contributed by atoms with E-state index < -0.39 is 0 Å². The molecule has 0 unspecified atom stereocenters. The summed E-state index contributed by atoms with van der Waals surface area (Å²) < 4.78 is 6.91. The Hall–Kier alpha value is -3.08. The third kappa shape index (κ3) is 2.57. The lowest BCUT2D eigenvalue weighted by molar-refractivity contribution is 0.101. The number of carbonyl (C=O) groups excluding carboxylic acids is 1. The quantitative estimate of drug-likeness (QED) is 0.750. The average molecular weight is 308 g/mol. The van der Waals surface area contributed by atoms with Crippen LogP contribution in [0.25, 0.3) is 16.9 Å². The Bertz CT molecular complexity index is 854. The monoisotopic (exact) mass is 308 g/mol. The molecule has 0 aliphatic carbocycles. The largest absolute Gasteiger partial charge is 0.504 e. The number of aromatic hydroxyl groups is 1. The van der Waals surface area contributed by atoms with E-state index in [1.165, 1.54) is 6.92 Å². The minimum Gasteiger partial charge on any atom is -0.504 e. The zero-order chi connectivity index (χ0) is 16.4. The van der Waals surface area contributed by atoms with Crippen molar-refractivity contribution in [2.75, 3.05) is 7.11 Å². The molecule has 3 aromatic rings. The van der Waals surface area contributed by atoms with Gasteiger partial charge in [0.25, 0.3) is 0 Å². The summed E-state index contributed by atoms with van der Waals surface area (Å²) in [6, 6.07) is 16.6. The number of hydrogen-bond donors (Lipinski definition) is 1. The van der Waals surface area contributed by atoms with E-state index in [9.17, 15) is 9.90 Å². The maximum absolute atomic E-state index is 11.8. The molecule has 0 spiro atoms. The van der Waals surface area contributed by atoms with Crippen molar-refractivity contribution in [3.63, 3.8) is 0 Å². The van der Waals surface area contributed by atoms with E-state index in [2.05, 4.69) is 5.10 Å². The zero-order valence-electron chi connectivity index (χ0n) is 12.9. The van der Waals surface area contributed by atoms with E-state index in [-0.39, 0.29) is 17.2 Å². The van der Waals surface area contributed by atoms with E-state index in [0.717, 1.165) is 5.56 Å². The number of rotatable bonds is 4. The number of aromatic nitrogens is 2. The topological polar surface area (TPSA) is 64.4 Å². The Balaban J connectivity index is 2.32. The summed E-state index contributed by atoms with van der Waals surface area (Å²) in [5, 5.41) is 14.8. The van der Waals surface area contributed by atoms with Gasteiger partial charge in [-0.3, -0.25) is 4.79 Å². The summed E-state index contributed by atoms with van der Waals surface area (Å²) in [6.07, 6.45) is 0. The second-order valence-corrected chi connectivity index (χ2v) is 5.05. The molecule has 0 amide bonds. The van der Waals surface area contributed by atoms with Gasteiger partial charge in [-0.05, 0) is 12.1 Å². The van der Waals surface area contributed by atoms with Crippen molar-refractivity contribution >= 4 is 5.78 Å². The molecule has 0 aliphatic heterocycles. The molecule has 0 bridgehead atoms. The first-order chi connectivity index (χ1) is 11.1. The first-order valence-corrected chi connectivity index (χ1v) is 7.15. The Morgan fingerprint density at radius 1 is 1.09 bits per heavy atom. The highest BCUT2D eigenvalue weighted by atomic mass is 16.5. The number of hydrogen-bond acceptors (Lipinski definition) is 4. The van der Waals surface area contributed by atoms with Crippen molar-refractivity contribution in [3.8, 4) is 28.4 Å². The van der Waals surface area contributed by atoms with Gasteiger partial charge in [-0.15, -0.1) is 0 Å². The van der Waals surface area contributed by atoms with Crippen molar-refractivity contribution in [2.45, 2.75) is 6.92 Å². The van der Waals surface area contributed by atoms with Crippen LogP contribution < -0.4 is 4.74 Å². The van der Waals surface area contributed by atoms with Gasteiger partial charge in [0.2, 0.25) is 0 Å². The molecule has 0 fully saturated rings. The van der Waals surface area contributed by atoms with Gasteiger partial charge < -0.3 is 9.84 Å². The molecule has 1 N–H and O–H groups in total. The van der Waals surface area contributed by atoms with Crippen molar-refractivity contribution in [1.29, 1.82) is 0 Å². The minimum absolute atomic E-state index is 0.0368. The molecule has 0 saturated heterocycles. The Morgan fingerprint density at radius 3 is 2.39 bits per heavy atom. The van der Waals surface area contributed by atoms with E-state index in [1.807, 2.05) is 48.5 Å². The van der Waals surface area contributed by atoms with Gasteiger partial charge in [-0.25, -0.2) is 4.68 Å². The molecule has 2 aromatic carbocycles. The Kier molecular flexibility index (Phi) is 3.85. The predicted molar refractivity (Wildman–Crippen MR) is 87.2 cm³/mol. The number of carbonyl (C=O) groups is 1. The highest BCUT2D eigenvalue weighted by Gasteiger charge is 2.23. The lowest BCUT2D eigenvalue weighted by Crippen LogP contribution is -2.03. The number of nitrogens with zero attached hydrogens (tertiary/aromatic N) is 2. The molecule has 0 aliphatic rings. The molecule has 3 rings (SSSR count). The van der Waals surface area contributed by atoms with Crippen LogP contribution in [0.2, 0.25) is 0 Å². The maximum Gasteiger partial charge on any atom is 0.183 e. The van der Waals surface area contributed by atoms with E-state index in [1.54, 1.807) is 17.9 Å². The Morgan fingerprint density at radius 2 is 1.74 bits per heavy atom. The van der Waals surface area contributed by atoms with Crippen molar-refractivity contribution in [2.24, 2.45) is 0 Å². The highest BCUT2D eigenvalue weighted by Crippen LogP contribution is 2.36. The molecular weight excluding hydrogens is 292 g/mol. The molecule has 5 nitrogen and oxygen atoms in total. The number of Topliss-reactive ketones (excluding diaryl/α,β-unsaturated/α-hetero) is 1. The molecule has 23 heavy (non-hydrogen) atoms. The number of para-hydroxylation sites is 2. The van der Waals surface area contributed by atoms with Crippen LogP contribution >= 0.6 is 0 Å². The first kappa shape index (κ1) is 14.8. The number of ether oxygens (including phenoxy) is 1. The van der Waals surface area contributed by atoms with Crippen LogP contribution in [0.3, 0.4) is 0 Å². The average Bonchev–Trinajstić information content (AvgIpc) is 2.93. The smallest absolute Gasteiger partial charge is 0.183 e. The Labute approximate surface area is 133 Å². The fourth-order valence-corrected chi connectivity index (χ4v) is 2.48. The van der Waals surface area contributed by atoms with Crippen LogP contribution in [-0.2, 0) is 0 Å². The number of ketones is 1. The van der Waals surface area contributed by atoms with Gasteiger partial charge in [0.05, 0.1) is 7.11 Å².